The van der Waals surface area contributed by atoms with Gasteiger partial charge in [0.15, 0.2) is 5.69 Å². The summed E-state index contributed by atoms with van der Waals surface area (Å²) in [5.74, 6) is 0.501. The van der Waals surface area contributed by atoms with Gasteiger partial charge in [-0.15, -0.1) is 11.3 Å². The van der Waals surface area contributed by atoms with E-state index in [0.717, 1.165) is 11.3 Å². The zero-order valence-electron chi connectivity index (χ0n) is 14.5. The van der Waals surface area contributed by atoms with Crippen molar-refractivity contribution < 1.29 is 14.0 Å². The Bertz CT molecular complexity index is 1010. The molecule has 1 aliphatic heterocycles. The molecule has 1 aliphatic rings. The number of thiophene rings is 1. The highest BCUT2D eigenvalue weighted by molar-refractivity contribution is 7.13. The highest BCUT2D eigenvalue weighted by atomic mass is 35.5. The molecular formula is C19H16ClN3O3S. The van der Waals surface area contributed by atoms with Gasteiger partial charge in [0, 0.05) is 18.7 Å². The lowest BCUT2D eigenvalue weighted by molar-refractivity contribution is -0.117. The predicted octanol–water partition coefficient (Wildman–Crippen LogP) is 4.74. The molecule has 0 radical (unpaired) electrons. The maximum Gasteiger partial charge on any atom is 0.277 e. The molecule has 6 nitrogen and oxygen atoms in total. The lowest BCUT2D eigenvalue weighted by Crippen LogP contribution is -2.24. The molecule has 138 valence electrons. The number of anilines is 2. The molecule has 1 aromatic carbocycles. The summed E-state index contributed by atoms with van der Waals surface area (Å²) >= 11 is 7.72. The van der Waals surface area contributed by atoms with E-state index in [2.05, 4.69) is 10.3 Å². The van der Waals surface area contributed by atoms with Crippen molar-refractivity contribution in [3.05, 3.63) is 52.2 Å². The van der Waals surface area contributed by atoms with E-state index in [-0.39, 0.29) is 11.6 Å². The van der Waals surface area contributed by atoms with Crippen LogP contribution in [0.2, 0.25) is 5.02 Å². The van der Waals surface area contributed by atoms with E-state index in [4.69, 9.17) is 16.0 Å². The smallest absolute Gasteiger partial charge is 0.277 e. The van der Waals surface area contributed by atoms with E-state index in [0.29, 0.717) is 41.0 Å². The summed E-state index contributed by atoms with van der Waals surface area (Å²) in [7, 11) is 0. The van der Waals surface area contributed by atoms with Crippen molar-refractivity contribution in [3.63, 3.8) is 0 Å². The van der Waals surface area contributed by atoms with E-state index in [1.54, 1.807) is 30.0 Å². The first kappa shape index (κ1) is 17.8. The van der Waals surface area contributed by atoms with Gasteiger partial charge in [-0.25, -0.2) is 4.98 Å². The van der Waals surface area contributed by atoms with Crippen LogP contribution in [0.4, 0.5) is 11.4 Å². The summed E-state index contributed by atoms with van der Waals surface area (Å²) in [6, 6.07) is 8.93. The highest BCUT2D eigenvalue weighted by Gasteiger charge is 2.23. The van der Waals surface area contributed by atoms with Crippen LogP contribution in [0.15, 0.2) is 40.1 Å². The van der Waals surface area contributed by atoms with Crippen LogP contribution in [-0.4, -0.2) is 23.3 Å². The van der Waals surface area contributed by atoms with Crippen molar-refractivity contribution in [2.75, 3.05) is 16.8 Å². The topological polar surface area (TPSA) is 75.4 Å². The van der Waals surface area contributed by atoms with E-state index in [1.165, 1.54) is 11.3 Å². The second-order valence-electron chi connectivity index (χ2n) is 6.17. The van der Waals surface area contributed by atoms with Gasteiger partial charge in [-0.1, -0.05) is 17.7 Å². The average Bonchev–Trinajstić information content (AvgIpc) is 3.37. The van der Waals surface area contributed by atoms with Crippen LogP contribution < -0.4 is 10.2 Å². The standard InChI is InChI=1S/C19H16ClN3O3S/c1-11-17(22-19(26-11)15-4-3-9-27-15)18(25)21-14-10-12(6-7-13(14)20)23-8-2-5-16(23)24/h3-4,6-7,9-10H,2,5,8H2,1H3,(H,21,25). The second-order valence-corrected chi connectivity index (χ2v) is 7.52. The molecule has 0 atom stereocenters. The van der Waals surface area contributed by atoms with E-state index in [1.807, 2.05) is 17.5 Å². The summed E-state index contributed by atoms with van der Waals surface area (Å²) in [6.07, 6.45) is 1.36. The Balaban J connectivity index is 1.59. The van der Waals surface area contributed by atoms with Crippen molar-refractivity contribution in [1.82, 2.24) is 4.98 Å². The number of amides is 2. The van der Waals surface area contributed by atoms with Crippen molar-refractivity contribution in [3.8, 4) is 10.8 Å². The highest BCUT2D eigenvalue weighted by Crippen LogP contribution is 2.31. The minimum absolute atomic E-state index is 0.0718. The predicted molar refractivity (Wildman–Crippen MR) is 106 cm³/mol. The number of nitrogens with zero attached hydrogens (tertiary/aromatic N) is 2. The van der Waals surface area contributed by atoms with E-state index >= 15 is 0 Å². The third kappa shape index (κ3) is 3.48. The van der Waals surface area contributed by atoms with Gasteiger partial charge < -0.3 is 14.6 Å². The third-order valence-electron chi connectivity index (χ3n) is 4.33. The molecule has 1 N–H and O–H groups in total. The third-order valence-corrected chi connectivity index (χ3v) is 5.51. The molecule has 0 bridgehead atoms. The van der Waals surface area contributed by atoms with Crippen molar-refractivity contribution in [1.29, 1.82) is 0 Å². The number of oxazole rings is 1. The van der Waals surface area contributed by atoms with E-state index < -0.39 is 5.91 Å². The number of aromatic nitrogens is 1. The van der Waals surface area contributed by atoms with Gasteiger partial charge in [0.2, 0.25) is 11.8 Å². The summed E-state index contributed by atoms with van der Waals surface area (Å²) in [5.41, 5.74) is 1.35. The first-order valence-electron chi connectivity index (χ1n) is 8.45. The molecule has 0 unspecified atom stereocenters. The Kier molecular flexibility index (Phi) is 4.72. The molecule has 0 aliphatic carbocycles. The molecular weight excluding hydrogens is 386 g/mol. The zero-order valence-corrected chi connectivity index (χ0v) is 16.1. The molecule has 4 rings (SSSR count). The Morgan fingerprint density at radius 3 is 2.93 bits per heavy atom. The van der Waals surface area contributed by atoms with Gasteiger partial charge in [-0.05, 0) is 43.0 Å². The fourth-order valence-corrected chi connectivity index (χ4v) is 3.81. The van der Waals surface area contributed by atoms with Crippen LogP contribution in [0.3, 0.4) is 0 Å². The number of hydrogen-bond donors (Lipinski definition) is 1. The molecule has 0 spiro atoms. The molecule has 3 heterocycles. The van der Waals surface area contributed by atoms with E-state index in [9.17, 15) is 9.59 Å². The van der Waals surface area contributed by atoms with Crippen LogP contribution in [0.25, 0.3) is 10.8 Å². The van der Waals surface area contributed by atoms with Crippen molar-refractivity contribution >= 4 is 46.1 Å². The quantitative estimate of drug-likeness (QED) is 0.684. The molecule has 2 amide bonds. The number of benzene rings is 1. The van der Waals surface area contributed by atoms with Crippen LogP contribution in [-0.2, 0) is 4.79 Å². The Hall–Kier alpha value is -2.64. The molecule has 27 heavy (non-hydrogen) atoms. The van der Waals surface area contributed by atoms with Crippen LogP contribution in [0.1, 0.15) is 29.1 Å². The number of carbonyl (C=O) groups excluding carboxylic acids is 2. The Morgan fingerprint density at radius 2 is 2.22 bits per heavy atom. The van der Waals surface area contributed by atoms with Gasteiger partial charge in [0.05, 0.1) is 15.6 Å². The molecule has 0 saturated carbocycles. The van der Waals surface area contributed by atoms with Gasteiger partial charge in [-0.2, -0.15) is 0 Å². The maximum atomic E-state index is 12.7. The van der Waals surface area contributed by atoms with Gasteiger partial charge in [-0.3, -0.25) is 9.59 Å². The normalized spacial score (nSPS) is 14.0. The molecule has 2 aromatic heterocycles. The fourth-order valence-electron chi connectivity index (χ4n) is 2.99. The number of nitrogens with one attached hydrogen (secondary N) is 1. The second kappa shape index (κ2) is 7.17. The summed E-state index contributed by atoms with van der Waals surface area (Å²) < 4.78 is 5.62. The molecule has 1 saturated heterocycles. The first-order chi connectivity index (χ1) is 13.0. The Labute approximate surface area is 164 Å². The summed E-state index contributed by atoms with van der Waals surface area (Å²) in [6.45, 7) is 2.36. The zero-order chi connectivity index (χ0) is 19.0. The lowest BCUT2D eigenvalue weighted by atomic mass is 10.2. The number of halogens is 1. The molecule has 3 aromatic rings. The summed E-state index contributed by atoms with van der Waals surface area (Å²) in [4.78, 5) is 31.5. The van der Waals surface area contributed by atoms with Crippen LogP contribution in [0.5, 0.6) is 0 Å². The molecule has 8 heteroatoms. The number of aryl methyl sites for hydroxylation is 1. The fraction of sp³-hybridized carbons (Fsp3) is 0.211. The number of carbonyl (C=O) groups is 2. The Morgan fingerprint density at radius 1 is 1.37 bits per heavy atom. The van der Waals surface area contributed by atoms with Gasteiger partial charge >= 0.3 is 0 Å². The maximum absolute atomic E-state index is 12.7. The SMILES string of the molecule is Cc1oc(-c2cccs2)nc1C(=O)Nc1cc(N2CCCC2=O)ccc1Cl. The van der Waals surface area contributed by atoms with Gasteiger partial charge in [0.1, 0.15) is 5.76 Å². The number of hydrogen-bond acceptors (Lipinski definition) is 5. The average molecular weight is 402 g/mol. The minimum atomic E-state index is -0.411. The molecule has 1 fully saturated rings. The number of rotatable bonds is 4. The monoisotopic (exact) mass is 401 g/mol. The summed E-state index contributed by atoms with van der Waals surface area (Å²) in [5, 5.41) is 5.08. The van der Waals surface area contributed by atoms with Crippen molar-refractivity contribution in [2.45, 2.75) is 19.8 Å². The van der Waals surface area contributed by atoms with Crippen molar-refractivity contribution in [2.24, 2.45) is 0 Å². The van der Waals surface area contributed by atoms with Crippen LogP contribution in [0, 0.1) is 6.92 Å². The largest absolute Gasteiger partial charge is 0.440 e. The lowest BCUT2D eigenvalue weighted by Gasteiger charge is -2.17. The first-order valence-corrected chi connectivity index (χ1v) is 9.71. The minimum Gasteiger partial charge on any atom is -0.440 e. The van der Waals surface area contributed by atoms with Crippen LogP contribution >= 0.6 is 22.9 Å². The van der Waals surface area contributed by atoms with Gasteiger partial charge in [0.25, 0.3) is 5.91 Å².